The lowest BCUT2D eigenvalue weighted by Gasteiger charge is -2.28. The first-order valence-corrected chi connectivity index (χ1v) is 13.2. The maximum Gasteiger partial charge on any atom is 0.254 e. The van der Waals surface area contributed by atoms with Gasteiger partial charge in [0.2, 0.25) is 5.91 Å². The fourth-order valence-corrected chi connectivity index (χ4v) is 5.03. The topological polar surface area (TPSA) is 88.2 Å². The SMILES string of the molecule is CCNCCN(C(=O)CNCC(=O)N(C)N1Cc2ccc(F)cc2C1)c1cc2c(cc1C)CN(CC)C2=O. The van der Waals surface area contributed by atoms with Gasteiger partial charge in [-0.25, -0.2) is 9.40 Å². The summed E-state index contributed by atoms with van der Waals surface area (Å²) in [6.45, 7) is 9.90. The van der Waals surface area contributed by atoms with Crippen LogP contribution in [0.15, 0.2) is 30.3 Å². The molecule has 0 spiro atoms. The van der Waals surface area contributed by atoms with Crippen molar-refractivity contribution in [2.75, 3.05) is 51.2 Å². The zero-order chi connectivity index (χ0) is 27.4. The van der Waals surface area contributed by atoms with Crippen LogP contribution in [0.5, 0.6) is 0 Å². The van der Waals surface area contributed by atoms with Crippen LogP contribution in [0.2, 0.25) is 0 Å². The fraction of sp³-hybridized carbons (Fsp3) is 0.464. The first-order chi connectivity index (χ1) is 18.2. The van der Waals surface area contributed by atoms with Crippen molar-refractivity contribution < 1.29 is 18.8 Å². The maximum atomic E-state index is 13.6. The molecule has 0 unspecified atom stereocenters. The van der Waals surface area contributed by atoms with Gasteiger partial charge in [-0.3, -0.25) is 24.7 Å². The molecule has 4 rings (SSSR count). The van der Waals surface area contributed by atoms with Crippen LogP contribution >= 0.6 is 0 Å². The van der Waals surface area contributed by atoms with Gasteiger partial charge in [0.1, 0.15) is 5.82 Å². The quantitative estimate of drug-likeness (QED) is 0.438. The second kappa shape index (κ2) is 12.0. The van der Waals surface area contributed by atoms with Crippen molar-refractivity contribution in [2.24, 2.45) is 0 Å². The predicted octanol–water partition coefficient (Wildman–Crippen LogP) is 2.03. The molecule has 204 valence electrons. The van der Waals surface area contributed by atoms with E-state index in [-0.39, 0.29) is 36.6 Å². The number of nitrogens with zero attached hydrogens (tertiary/aromatic N) is 4. The van der Waals surface area contributed by atoms with E-state index in [0.717, 1.165) is 28.8 Å². The third-order valence-corrected chi connectivity index (χ3v) is 7.25. The summed E-state index contributed by atoms with van der Waals surface area (Å²) in [4.78, 5) is 42.4. The molecular formula is C28H37FN6O3. The zero-order valence-corrected chi connectivity index (χ0v) is 22.6. The van der Waals surface area contributed by atoms with Crippen molar-refractivity contribution >= 4 is 23.4 Å². The number of hydrogen-bond donors (Lipinski definition) is 2. The van der Waals surface area contributed by atoms with E-state index in [1.54, 1.807) is 22.9 Å². The van der Waals surface area contributed by atoms with Crippen LogP contribution < -0.4 is 15.5 Å². The minimum Gasteiger partial charge on any atom is -0.335 e. The molecular weight excluding hydrogens is 487 g/mol. The molecule has 0 saturated heterocycles. The summed E-state index contributed by atoms with van der Waals surface area (Å²) < 4.78 is 13.6. The van der Waals surface area contributed by atoms with E-state index in [4.69, 9.17) is 0 Å². The number of carbonyl (C=O) groups excluding carboxylic acids is 3. The number of hydrazine groups is 1. The van der Waals surface area contributed by atoms with Gasteiger partial charge in [0.15, 0.2) is 0 Å². The molecule has 0 saturated carbocycles. The number of amides is 3. The second-order valence-electron chi connectivity index (χ2n) is 9.77. The summed E-state index contributed by atoms with van der Waals surface area (Å²) in [5, 5.41) is 9.62. The lowest BCUT2D eigenvalue weighted by Crippen LogP contribution is -2.47. The molecule has 0 aliphatic carbocycles. The van der Waals surface area contributed by atoms with Gasteiger partial charge in [-0.05, 0) is 60.8 Å². The Balaban J connectivity index is 1.38. The Kier molecular flexibility index (Phi) is 8.76. The normalized spacial score (nSPS) is 14.6. The van der Waals surface area contributed by atoms with Crippen LogP contribution in [-0.4, -0.2) is 79.0 Å². The molecule has 0 aromatic heterocycles. The standard InChI is InChI=1S/C28H37FN6O3/c1-5-30-9-10-35(25-13-24-22(11-19(25)3)16-33(6-2)28(24)38)27(37)15-31-14-26(36)32(4)34-17-20-7-8-23(29)12-21(20)18-34/h7-8,11-13,30-31H,5-6,9-10,14-18H2,1-4H3. The summed E-state index contributed by atoms with van der Waals surface area (Å²) in [5.41, 5.74) is 5.14. The summed E-state index contributed by atoms with van der Waals surface area (Å²) in [6, 6.07) is 8.51. The number of likely N-dealkylation sites (N-methyl/N-ethyl adjacent to an activating group) is 2. The van der Waals surface area contributed by atoms with E-state index >= 15 is 0 Å². The van der Waals surface area contributed by atoms with Gasteiger partial charge in [0, 0.05) is 57.6 Å². The highest BCUT2D eigenvalue weighted by Crippen LogP contribution is 2.31. The highest BCUT2D eigenvalue weighted by atomic mass is 19.1. The van der Waals surface area contributed by atoms with Crippen LogP contribution in [0.4, 0.5) is 10.1 Å². The van der Waals surface area contributed by atoms with Crippen LogP contribution in [0, 0.1) is 12.7 Å². The lowest BCUT2D eigenvalue weighted by atomic mass is 10.0. The van der Waals surface area contributed by atoms with Crippen LogP contribution in [-0.2, 0) is 29.2 Å². The number of nitrogens with one attached hydrogen (secondary N) is 2. The first kappa shape index (κ1) is 27.7. The van der Waals surface area contributed by atoms with Gasteiger partial charge in [-0.2, -0.15) is 0 Å². The van der Waals surface area contributed by atoms with Crippen LogP contribution in [0.3, 0.4) is 0 Å². The molecule has 9 nitrogen and oxygen atoms in total. The van der Waals surface area contributed by atoms with Gasteiger partial charge < -0.3 is 15.1 Å². The van der Waals surface area contributed by atoms with Crippen molar-refractivity contribution in [3.8, 4) is 0 Å². The number of halogens is 1. The van der Waals surface area contributed by atoms with Crippen LogP contribution in [0.25, 0.3) is 0 Å². The number of hydrogen-bond acceptors (Lipinski definition) is 6. The molecule has 0 atom stereocenters. The Morgan fingerprint density at radius 3 is 2.45 bits per heavy atom. The monoisotopic (exact) mass is 524 g/mol. The molecule has 2 aliphatic heterocycles. The minimum absolute atomic E-state index is 0.0126. The van der Waals surface area contributed by atoms with E-state index in [2.05, 4.69) is 10.6 Å². The van der Waals surface area contributed by atoms with Gasteiger partial charge in [-0.1, -0.05) is 19.1 Å². The van der Waals surface area contributed by atoms with E-state index < -0.39 is 0 Å². The van der Waals surface area contributed by atoms with Gasteiger partial charge >= 0.3 is 0 Å². The fourth-order valence-electron chi connectivity index (χ4n) is 5.03. The van der Waals surface area contributed by atoms with Crippen molar-refractivity contribution in [1.82, 2.24) is 25.6 Å². The van der Waals surface area contributed by atoms with Gasteiger partial charge in [0.05, 0.1) is 13.1 Å². The van der Waals surface area contributed by atoms with E-state index in [0.29, 0.717) is 50.5 Å². The first-order valence-electron chi connectivity index (χ1n) is 13.2. The highest BCUT2D eigenvalue weighted by Gasteiger charge is 2.29. The zero-order valence-electron chi connectivity index (χ0n) is 22.6. The highest BCUT2D eigenvalue weighted by molar-refractivity contribution is 6.02. The summed E-state index contributed by atoms with van der Waals surface area (Å²) in [5.74, 6) is -0.669. The molecule has 2 aliphatic rings. The van der Waals surface area contributed by atoms with Crippen molar-refractivity contribution in [3.05, 3.63) is 64.0 Å². The Morgan fingerprint density at radius 1 is 0.974 bits per heavy atom. The second-order valence-corrected chi connectivity index (χ2v) is 9.77. The molecule has 2 N–H and O–H groups in total. The van der Waals surface area contributed by atoms with Crippen molar-refractivity contribution in [1.29, 1.82) is 0 Å². The molecule has 2 heterocycles. The number of rotatable bonds is 11. The van der Waals surface area contributed by atoms with Crippen molar-refractivity contribution in [2.45, 2.75) is 40.4 Å². The number of aryl methyl sites for hydroxylation is 1. The molecule has 0 fully saturated rings. The van der Waals surface area contributed by atoms with E-state index in [9.17, 15) is 18.8 Å². The molecule has 0 radical (unpaired) electrons. The third kappa shape index (κ3) is 5.87. The molecule has 0 bridgehead atoms. The van der Waals surface area contributed by atoms with Crippen LogP contribution in [0.1, 0.15) is 46.5 Å². The largest absolute Gasteiger partial charge is 0.335 e. The number of anilines is 1. The molecule has 10 heteroatoms. The molecule has 38 heavy (non-hydrogen) atoms. The summed E-state index contributed by atoms with van der Waals surface area (Å²) >= 11 is 0. The van der Waals surface area contributed by atoms with Gasteiger partial charge in [0.25, 0.3) is 11.8 Å². The Morgan fingerprint density at radius 2 is 1.71 bits per heavy atom. The Hall–Kier alpha value is -3.34. The smallest absolute Gasteiger partial charge is 0.254 e. The van der Waals surface area contributed by atoms with Gasteiger partial charge in [-0.15, -0.1) is 0 Å². The lowest BCUT2D eigenvalue weighted by molar-refractivity contribution is -0.145. The Bertz CT molecular complexity index is 1220. The van der Waals surface area contributed by atoms with E-state index in [1.807, 2.05) is 37.9 Å². The number of benzene rings is 2. The third-order valence-electron chi connectivity index (χ3n) is 7.25. The Labute approximate surface area is 223 Å². The van der Waals surface area contributed by atoms with E-state index in [1.165, 1.54) is 17.1 Å². The van der Waals surface area contributed by atoms with Crippen molar-refractivity contribution in [3.63, 3.8) is 0 Å². The maximum absolute atomic E-state index is 13.6. The predicted molar refractivity (Wildman–Crippen MR) is 144 cm³/mol. The number of carbonyl (C=O) groups is 3. The average molecular weight is 525 g/mol. The number of fused-ring (bicyclic) bond motifs is 2. The summed E-state index contributed by atoms with van der Waals surface area (Å²) in [7, 11) is 1.68. The molecule has 3 amide bonds. The molecule has 2 aromatic rings. The summed E-state index contributed by atoms with van der Waals surface area (Å²) in [6.07, 6.45) is 0. The average Bonchev–Trinajstić information content (AvgIpc) is 3.45. The minimum atomic E-state index is -0.288. The molecule has 2 aromatic carbocycles.